The number of aromatic nitrogens is 3. The van der Waals surface area contributed by atoms with E-state index in [9.17, 15) is 4.79 Å². The monoisotopic (exact) mass is 472 g/mol. The zero-order chi connectivity index (χ0) is 24.0. The Labute approximate surface area is 207 Å². The van der Waals surface area contributed by atoms with E-state index in [-0.39, 0.29) is 17.1 Å². The third-order valence-corrected chi connectivity index (χ3v) is 7.98. The molecule has 0 bridgehead atoms. The van der Waals surface area contributed by atoms with E-state index in [4.69, 9.17) is 4.98 Å². The summed E-state index contributed by atoms with van der Waals surface area (Å²) in [7, 11) is 0. The Balaban J connectivity index is 1.25. The number of nitrogens with zero attached hydrogens (tertiary/aromatic N) is 4. The first-order chi connectivity index (χ1) is 17.0. The Bertz CT molecular complexity index is 1250. The fourth-order valence-corrected chi connectivity index (χ4v) is 5.61. The molecule has 7 nitrogen and oxygen atoms in total. The molecule has 6 rings (SSSR count). The molecule has 1 saturated heterocycles. The zero-order valence-corrected chi connectivity index (χ0v) is 20.8. The quantitative estimate of drug-likeness (QED) is 0.511. The molecule has 3 aliphatic rings. The van der Waals surface area contributed by atoms with E-state index < -0.39 is 0 Å². The normalized spacial score (nSPS) is 20.8. The average Bonchev–Trinajstić information content (AvgIpc) is 3.80. The third-order valence-electron chi connectivity index (χ3n) is 7.98. The van der Waals surface area contributed by atoms with Gasteiger partial charge in [0.1, 0.15) is 5.65 Å². The maximum atomic E-state index is 12.5. The molecule has 3 fully saturated rings. The number of hydrogen-bond donors (Lipinski definition) is 2. The fourth-order valence-electron chi connectivity index (χ4n) is 5.61. The fraction of sp³-hybridized carbons (Fsp3) is 0.536. The molecule has 1 aromatic carbocycles. The van der Waals surface area contributed by atoms with Crippen LogP contribution in [0.2, 0.25) is 0 Å². The molecule has 1 aliphatic heterocycles. The summed E-state index contributed by atoms with van der Waals surface area (Å²) < 4.78 is 1.74. The lowest BCUT2D eigenvalue weighted by molar-refractivity contribution is 0.160. The van der Waals surface area contributed by atoms with Crippen molar-refractivity contribution in [1.29, 1.82) is 0 Å². The van der Waals surface area contributed by atoms with Crippen LogP contribution in [0.5, 0.6) is 0 Å². The lowest BCUT2D eigenvalue weighted by Gasteiger charge is -2.35. The van der Waals surface area contributed by atoms with E-state index in [1.165, 1.54) is 30.4 Å². The van der Waals surface area contributed by atoms with Crippen molar-refractivity contribution in [2.24, 2.45) is 5.92 Å². The molecule has 2 aliphatic carbocycles. The highest BCUT2D eigenvalue weighted by atomic mass is 16.1. The Morgan fingerprint density at radius 3 is 2.49 bits per heavy atom. The molecule has 2 aromatic heterocycles. The lowest BCUT2D eigenvalue weighted by Crippen LogP contribution is -2.45. The maximum Gasteiger partial charge on any atom is 0.252 e. The number of rotatable bonds is 8. The largest absolute Gasteiger partial charge is 0.345 e. The number of benzene rings is 1. The van der Waals surface area contributed by atoms with Crippen molar-refractivity contribution < 1.29 is 0 Å². The van der Waals surface area contributed by atoms with Crippen molar-refractivity contribution in [3.63, 3.8) is 0 Å². The van der Waals surface area contributed by atoms with Crippen molar-refractivity contribution in [2.75, 3.05) is 31.5 Å². The van der Waals surface area contributed by atoms with Crippen LogP contribution in [0, 0.1) is 5.92 Å². The van der Waals surface area contributed by atoms with Gasteiger partial charge in [-0.25, -0.2) is 4.98 Å². The molecule has 3 aromatic rings. The van der Waals surface area contributed by atoms with Crippen LogP contribution in [0.15, 0.2) is 47.4 Å². The van der Waals surface area contributed by atoms with E-state index in [0.717, 1.165) is 50.3 Å². The second-order valence-electron chi connectivity index (χ2n) is 10.9. The summed E-state index contributed by atoms with van der Waals surface area (Å²) >= 11 is 0. The van der Waals surface area contributed by atoms with Crippen molar-refractivity contribution >= 4 is 17.0 Å². The molecule has 184 valence electrons. The second-order valence-corrected chi connectivity index (χ2v) is 10.9. The molecular formula is C28H36N6O. The number of piperazine rings is 1. The van der Waals surface area contributed by atoms with Gasteiger partial charge in [-0.3, -0.25) is 14.3 Å². The first-order valence-corrected chi connectivity index (χ1v) is 13.2. The number of pyridine rings is 1. The maximum absolute atomic E-state index is 12.5. The van der Waals surface area contributed by atoms with Crippen molar-refractivity contribution in [2.45, 2.75) is 63.6 Å². The van der Waals surface area contributed by atoms with Crippen LogP contribution in [0.3, 0.4) is 0 Å². The van der Waals surface area contributed by atoms with Crippen molar-refractivity contribution in [3.8, 4) is 0 Å². The van der Waals surface area contributed by atoms with Gasteiger partial charge < -0.3 is 10.6 Å². The van der Waals surface area contributed by atoms with Gasteiger partial charge in [-0.1, -0.05) is 37.1 Å². The predicted molar refractivity (Wildman–Crippen MR) is 140 cm³/mol. The standard InChI is InChI=1S/C28H36N6O/c1-19(2)34-25(35)10-7-22-18-30-27(31-26(22)34)32-28(11-12-28)23-8-5-21(6-9-23)24(17-20-3-4-20)33-15-13-29-14-16-33/h5-10,18-20,24,29H,3-4,11-17H2,1-2H3,(H,30,31,32). The van der Waals surface area contributed by atoms with E-state index >= 15 is 0 Å². The topological polar surface area (TPSA) is 75.1 Å². The second kappa shape index (κ2) is 9.03. The van der Waals surface area contributed by atoms with E-state index in [1.54, 1.807) is 10.6 Å². The highest BCUT2D eigenvalue weighted by Gasteiger charge is 2.45. The highest BCUT2D eigenvalue weighted by Crippen LogP contribution is 2.48. The van der Waals surface area contributed by atoms with Gasteiger partial charge in [0.2, 0.25) is 5.95 Å². The van der Waals surface area contributed by atoms with E-state index in [1.807, 2.05) is 26.1 Å². The molecule has 0 radical (unpaired) electrons. The molecule has 3 heterocycles. The van der Waals surface area contributed by atoms with Crippen LogP contribution in [0.4, 0.5) is 5.95 Å². The number of hydrogen-bond acceptors (Lipinski definition) is 6. The van der Waals surface area contributed by atoms with Crippen LogP contribution in [0.25, 0.3) is 11.0 Å². The number of anilines is 1. The van der Waals surface area contributed by atoms with Crippen LogP contribution in [-0.4, -0.2) is 45.6 Å². The molecule has 2 saturated carbocycles. The van der Waals surface area contributed by atoms with Gasteiger partial charge in [0.25, 0.3) is 5.56 Å². The zero-order valence-electron chi connectivity index (χ0n) is 20.8. The summed E-state index contributed by atoms with van der Waals surface area (Å²) in [4.78, 5) is 24.5. The Kier molecular flexibility index (Phi) is 5.85. The van der Waals surface area contributed by atoms with Crippen LogP contribution in [0.1, 0.15) is 69.2 Å². The van der Waals surface area contributed by atoms with Crippen LogP contribution in [-0.2, 0) is 5.54 Å². The third kappa shape index (κ3) is 4.59. The molecule has 0 amide bonds. The van der Waals surface area contributed by atoms with Crippen LogP contribution < -0.4 is 16.2 Å². The highest BCUT2D eigenvalue weighted by molar-refractivity contribution is 5.75. The van der Waals surface area contributed by atoms with Crippen molar-refractivity contribution in [3.05, 3.63) is 64.1 Å². The Morgan fingerprint density at radius 2 is 1.83 bits per heavy atom. The summed E-state index contributed by atoms with van der Waals surface area (Å²) in [6, 6.07) is 13.3. The first kappa shape index (κ1) is 22.7. The summed E-state index contributed by atoms with van der Waals surface area (Å²) in [6.45, 7) is 8.45. The molecule has 0 spiro atoms. The molecular weight excluding hydrogens is 436 g/mol. The minimum atomic E-state index is -0.120. The number of nitrogens with one attached hydrogen (secondary N) is 2. The molecule has 1 atom stereocenters. The first-order valence-electron chi connectivity index (χ1n) is 13.2. The minimum absolute atomic E-state index is 0.0286. The van der Waals surface area contributed by atoms with Gasteiger partial charge in [-0.05, 0) is 56.2 Å². The van der Waals surface area contributed by atoms with E-state index in [0.29, 0.717) is 17.6 Å². The summed E-state index contributed by atoms with van der Waals surface area (Å²) in [5, 5.41) is 8.00. The predicted octanol–water partition coefficient (Wildman–Crippen LogP) is 4.22. The lowest BCUT2D eigenvalue weighted by atomic mass is 9.95. The summed E-state index contributed by atoms with van der Waals surface area (Å²) in [6.07, 6.45) is 8.00. The Hall–Kier alpha value is -2.77. The van der Waals surface area contributed by atoms with E-state index in [2.05, 4.69) is 44.8 Å². The van der Waals surface area contributed by atoms with Gasteiger partial charge >= 0.3 is 0 Å². The van der Waals surface area contributed by atoms with Gasteiger partial charge in [0.05, 0.1) is 5.54 Å². The van der Waals surface area contributed by atoms with Crippen molar-refractivity contribution in [1.82, 2.24) is 24.8 Å². The van der Waals surface area contributed by atoms with Gasteiger partial charge in [0.15, 0.2) is 0 Å². The SMILES string of the molecule is CC(C)n1c(=O)ccc2cnc(NC3(c4ccc(C(CC5CC5)N5CCNCC5)cc4)CC3)nc21. The van der Waals surface area contributed by atoms with Gasteiger partial charge in [0, 0.05) is 55.9 Å². The van der Waals surface area contributed by atoms with Gasteiger partial charge in [-0.2, -0.15) is 4.98 Å². The molecule has 35 heavy (non-hydrogen) atoms. The van der Waals surface area contributed by atoms with Crippen LogP contribution >= 0.6 is 0 Å². The molecule has 1 unspecified atom stereocenters. The smallest absolute Gasteiger partial charge is 0.252 e. The summed E-state index contributed by atoms with van der Waals surface area (Å²) in [5.41, 5.74) is 3.28. The van der Waals surface area contributed by atoms with Gasteiger partial charge in [-0.15, -0.1) is 0 Å². The molecule has 7 heteroatoms. The average molecular weight is 473 g/mol. The summed E-state index contributed by atoms with van der Waals surface area (Å²) in [5.74, 6) is 1.49. The minimum Gasteiger partial charge on any atom is -0.345 e. The molecule has 2 N–H and O–H groups in total. The number of fused-ring (bicyclic) bond motifs is 1. The Morgan fingerprint density at radius 1 is 1.09 bits per heavy atom.